The van der Waals surface area contributed by atoms with Crippen molar-refractivity contribution in [2.75, 3.05) is 27.2 Å². The minimum Gasteiger partial charge on any atom is -0.416 e. The third-order valence-corrected chi connectivity index (χ3v) is 5.46. The fourth-order valence-corrected chi connectivity index (χ4v) is 3.56. The van der Waals surface area contributed by atoms with E-state index in [1.807, 2.05) is 62.3 Å². The molecular formula is C27H27FN4O2. The van der Waals surface area contributed by atoms with Crippen LogP contribution in [0.1, 0.15) is 21.5 Å². The molecule has 0 saturated heterocycles. The quantitative estimate of drug-likeness (QED) is 0.370. The van der Waals surface area contributed by atoms with Crippen molar-refractivity contribution in [3.8, 4) is 22.9 Å². The molecule has 0 saturated carbocycles. The number of carbonyl (C=O) groups is 1. The Morgan fingerprint density at radius 3 is 2.21 bits per heavy atom. The molecule has 1 aromatic heterocycles. The molecule has 0 aliphatic rings. The van der Waals surface area contributed by atoms with Crippen molar-refractivity contribution in [1.29, 1.82) is 0 Å². The summed E-state index contributed by atoms with van der Waals surface area (Å²) >= 11 is 0. The molecule has 0 unspecified atom stereocenters. The van der Waals surface area contributed by atoms with Crippen molar-refractivity contribution in [2.45, 2.75) is 13.5 Å². The first-order valence-electron chi connectivity index (χ1n) is 11.1. The largest absolute Gasteiger partial charge is 0.416 e. The first-order valence-corrected chi connectivity index (χ1v) is 11.1. The summed E-state index contributed by atoms with van der Waals surface area (Å²) < 4.78 is 19.1. The van der Waals surface area contributed by atoms with Crippen LogP contribution in [0.5, 0.6) is 0 Å². The molecular weight excluding hydrogens is 431 g/mol. The first-order chi connectivity index (χ1) is 16.4. The maximum absolute atomic E-state index is 13.3. The molecule has 0 fully saturated rings. The molecule has 174 valence electrons. The third kappa shape index (κ3) is 5.74. The van der Waals surface area contributed by atoms with Crippen LogP contribution in [-0.4, -0.2) is 53.1 Å². The summed E-state index contributed by atoms with van der Waals surface area (Å²) in [5.41, 5.74) is 4.14. The van der Waals surface area contributed by atoms with Crippen LogP contribution < -0.4 is 0 Å². The average Bonchev–Trinajstić information content (AvgIpc) is 3.33. The zero-order chi connectivity index (χ0) is 24.1. The Morgan fingerprint density at radius 1 is 0.882 bits per heavy atom. The highest BCUT2D eigenvalue weighted by Crippen LogP contribution is 2.25. The Kier molecular flexibility index (Phi) is 7.13. The lowest BCUT2D eigenvalue weighted by atomic mass is 10.1. The molecule has 0 aliphatic carbocycles. The van der Waals surface area contributed by atoms with Gasteiger partial charge in [-0.05, 0) is 75.1 Å². The van der Waals surface area contributed by atoms with Crippen molar-refractivity contribution >= 4 is 5.91 Å². The highest BCUT2D eigenvalue weighted by molar-refractivity contribution is 5.94. The van der Waals surface area contributed by atoms with Crippen LogP contribution in [0.3, 0.4) is 0 Å². The number of rotatable bonds is 8. The van der Waals surface area contributed by atoms with Gasteiger partial charge < -0.3 is 14.2 Å². The molecule has 0 N–H and O–H groups in total. The zero-order valence-electron chi connectivity index (χ0n) is 19.5. The number of halogens is 1. The lowest BCUT2D eigenvalue weighted by molar-refractivity contribution is 0.0732. The smallest absolute Gasteiger partial charge is 0.254 e. The summed E-state index contributed by atoms with van der Waals surface area (Å²) in [6, 6.07) is 21.2. The summed E-state index contributed by atoms with van der Waals surface area (Å²) in [4.78, 5) is 17.1. The van der Waals surface area contributed by atoms with Crippen molar-refractivity contribution in [3.63, 3.8) is 0 Å². The van der Waals surface area contributed by atoms with Gasteiger partial charge >= 0.3 is 0 Å². The minimum absolute atomic E-state index is 0.0938. The molecule has 7 heteroatoms. The van der Waals surface area contributed by atoms with Crippen LogP contribution in [0.25, 0.3) is 22.9 Å². The van der Waals surface area contributed by atoms with Gasteiger partial charge in [0, 0.05) is 36.3 Å². The van der Waals surface area contributed by atoms with E-state index in [9.17, 15) is 9.18 Å². The third-order valence-electron chi connectivity index (χ3n) is 5.46. The second-order valence-corrected chi connectivity index (χ2v) is 8.52. The van der Waals surface area contributed by atoms with Gasteiger partial charge in [0.2, 0.25) is 11.8 Å². The summed E-state index contributed by atoms with van der Waals surface area (Å²) in [5.74, 6) is 0.458. The summed E-state index contributed by atoms with van der Waals surface area (Å²) in [5, 5.41) is 8.33. The average molecular weight is 459 g/mol. The van der Waals surface area contributed by atoms with Gasteiger partial charge in [0.15, 0.2) is 0 Å². The van der Waals surface area contributed by atoms with Gasteiger partial charge in [0.05, 0.1) is 0 Å². The van der Waals surface area contributed by atoms with Crippen molar-refractivity contribution in [3.05, 3.63) is 95.3 Å². The van der Waals surface area contributed by atoms with Gasteiger partial charge in [-0.25, -0.2) is 4.39 Å². The summed E-state index contributed by atoms with van der Waals surface area (Å²) in [7, 11) is 3.93. The molecule has 6 nitrogen and oxygen atoms in total. The number of aryl methyl sites for hydroxylation is 1. The number of benzene rings is 3. The monoisotopic (exact) mass is 458 g/mol. The SMILES string of the molecule is Cc1cccc(-c2nnc(-c3ccc(C(=O)N(CCN(C)C)Cc4ccc(F)cc4)cc3)o2)c1. The van der Waals surface area contributed by atoms with Gasteiger partial charge in [-0.15, -0.1) is 10.2 Å². The van der Waals surface area contributed by atoms with Crippen LogP contribution in [0.4, 0.5) is 4.39 Å². The van der Waals surface area contributed by atoms with Crippen LogP contribution in [0.2, 0.25) is 0 Å². The lowest BCUT2D eigenvalue weighted by Gasteiger charge is -2.25. The van der Waals surface area contributed by atoms with Gasteiger partial charge in [-0.3, -0.25) is 4.79 Å². The van der Waals surface area contributed by atoms with Crippen molar-refractivity contribution in [2.24, 2.45) is 0 Å². The predicted octanol–water partition coefficient (Wildman–Crippen LogP) is 5.06. The lowest BCUT2D eigenvalue weighted by Crippen LogP contribution is -2.36. The number of hydrogen-bond acceptors (Lipinski definition) is 5. The number of hydrogen-bond donors (Lipinski definition) is 0. The van der Waals surface area contributed by atoms with E-state index in [0.717, 1.165) is 28.8 Å². The van der Waals surface area contributed by atoms with Gasteiger partial charge in [-0.2, -0.15) is 0 Å². The second-order valence-electron chi connectivity index (χ2n) is 8.52. The summed E-state index contributed by atoms with van der Waals surface area (Å²) in [6.45, 7) is 3.68. The number of carbonyl (C=O) groups excluding carboxylic acids is 1. The molecule has 0 spiro atoms. The van der Waals surface area contributed by atoms with E-state index >= 15 is 0 Å². The Balaban J connectivity index is 1.51. The zero-order valence-corrected chi connectivity index (χ0v) is 19.5. The molecule has 1 heterocycles. The van der Waals surface area contributed by atoms with E-state index in [4.69, 9.17) is 4.42 Å². The molecule has 0 radical (unpaired) electrons. The highest BCUT2D eigenvalue weighted by Gasteiger charge is 2.18. The number of nitrogens with zero attached hydrogens (tertiary/aromatic N) is 4. The van der Waals surface area contributed by atoms with E-state index in [1.165, 1.54) is 12.1 Å². The van der Waals surface area contributed by atoms with E-state index in [1.54, 1.807) is 29.2 Å². The van der Waals surface area contributed by atoms with Gasteiger partial charge in [0.1, 0.15) is 5.82 Å². The van der Waals surface area contributed by atoms with Gasteiger partial charge in [0.25, 0.3) is 5.91 Å². The number of aromatic nitrogens is 2. The maximum Gasteiger partial charge on any atom is 0.254 e. The molecule has 0 bridgehead atoms. The van der Waals surface area contributed by atoms with Crippen LogP contribution >= 0.6 is 0 Å². The van der Waals surface area contributed by atoms with Gasteiger partial charge in [-0.1, -0.05) is 29.8 Å². The van der Waals surface area contributed by atoms with E-state index in [0.29, 0.717) is 30.4 Å². The number of amides is 1. The van der Waals surface area contributed by atoms with E-state index < -0.39 is 0 Å². The normalized spacial score (nSPS) is 11.1. The highest BCUT2D eigenvalue weighted by atomic mass is 19.1. The fourth-order valence-electron chi connectivity index (χ4n) is 3.56. The van der Waals surface area contributed by atoms with Crippen LogP contribution in [0, 0.1) is 12.7 Å². The summed E-state index contributed by atoms with van der Waals surface area (Å²) in [6.07, 6.45) is 0. The Hall–Kier alpha value is -3.84. The molecule has 34 heavy (non-hydrogen) atoms. The minimum atomic E-state index is -0.294. The van der Waals surface area contributed by atoms with Crippen LogP contribution in [0.15, 0.2) is 77.2 Å². The van der Waals surface area contributed by atoms with Crippen molar-refractivity contribution < 1.29 is 13.6 Å². The predicted molar refractivity (Wildman–Crippen MR) is 130 cm³/mol. The maximum atomic E-state index is 13.3. The molecule has 1 amide bonds. The molecule has 0 aliphatic heterocycles. The van der Waals surface area contributed by atoms with Crippen molar-refractivity contribution in [1.82, 2.24) is 20.0 Å². The standard InChI is InChI=1S/C27H27FN4O2/c1-19-5-4-6-23(17-19)26-30-29-25(34-26)21-9-11-22(12-10-21)27(33)32(16-15-31(2)3)18-20-7-13-24(28)14-8-20/h4-14,17H,15-16,18H2,1-3H3. The van der Waals surface area contributed by atoms with E-state index in [-0.39, 0.29) is 11.7 Å². The molecule has 0 atom stereocenters. The Morgan fingerprint density at radius 2 is 1.56 bits per heavy atom. The fraction of sp³-hybridized carbons (Fsp3) is 0.222. The number of likely N-dealkylation sites (N-methyl/N-ethyl adjacent to an activating group) is 1. The first kappa shape index (κ1) is 23.3. The topological polar surface area (TPSA) is 62.5 Å². The molecule has 4 aromatic rings. The van der Waals surface area contributed by atoms with E-state index in [2.05, 4.69) is 10.2 Å². The second kappa shape index (κ2) is 10.4. The molecule has 4 rings (SSSR count). The Labute approximate surface area is 198 Å². The van der Waals surface area contributed by atoms with Crippen LogP contribution in [-0.2, 0) is 6.54 Å². The Bertz CT molecular complexity index is 1250. The molecule has 3 aromatic carbocycles.